The zero-order chi connectivity index (χ0) is 8.32. The first kappa shape index (κ1) is 9.78. The monoisotopic (exact) mass is 268 g/mol. The molecule has 0 saturated carbocycles. The number of rotatable bonds is 3. The fourth-order valence-electron chi connectivity index (χ4n) is 1.61. The van der Waals surface area contributed by atoms with E-state index >= 15 is 0 Å². The van der Waals surface area contributed by atoms with Crippen molar-refractivity contribution >= 4 is 0 Å². The van der Waals surface area contributed by atoms with Gasteiger partial charge in [0.2, 0.25) is 0 Å². The number of nitrogens with one attached hydrogen (secondary N) is 1. The van der Waals surface area contributed by atoms with E-state index < -0.39 is 0 Å². The number of hydrogen-bond donors (Lipinski definition) is 1. The van der Waals surface area contributed by atoms with E-state index in [1.165, 1.54) is 23.8 Å². The molecule has 1 saturated heterocycles. The Morgan fingerprint density at radius 3 is 2.45 bits per heavy atom. The van der Waals surface area contributed by atoms with Crippen LogP contribution < -0.4 is 25.0 Å². The quantitative estimate of drug-likeness (QED) is 0.395. The molecule has 0 aromatic carbocycles. The van der Waals surface area contributed by atoms with Gasteiger partial charge in [-0.25, -0.2) is 0 Å². The van der Waals surface area contributed by atoms with Gasteiger partial charge in [-0.05, 0) is 0 Å². The van der Waals surface area contributed by atoms with Crippen LogP contribution in [-0.4, -0.2) is 11.0 Å². The molecule has 0 aromatic rings. The molecule has 0 amide bonds. The minimum absolute atomic E-state index is 0.374. The van der Waals surface area contributed by atoms with Gasteiger partial charge in [0.1, 0.15) is 0 Å². The molecule has 0 bridgehead atoms. The van der Waals surface area contributed by atoms with E-state index in [9.17, 15) is 0 Å². The third-order valence-electron chi connectivity index (χ3n) is 3.28. The van der Waals surface area contributed by atoms with Crippen molar-refractivity contribution < 1.29 is 21.5 Å². The van der Waals surface area contributed by atoms with E-state index in [4.69, 9.17) is 0 Å². The Balaban J connectivity index is 2.52. The second kappa shape index (κ2) is 4.08. The molecule has 0 aliphatic carbocycles. The first-order chi connectivity index (χ1) is 5.23. The van der Waals surface area contributed by atoms with Crippen LogP contribution in [0.5, 0.6) is 0 Å². The number of halogens is 1. The summed E-state index contributed by atoms with van der Waals surface area (Å²) in [5.41, 5.74) is 0.628. The maximum absolute atomic E-state index is 3.56. The Bertz CT molecular complexity index is 115. The Morgan fingerprint density at radius 1 is 1.45 bits per heavy atom. The van der Waals surface area contributed by atoms with Crippen LogP contribution in [0.4, 0.5) is 0 Å². The third-order valence-corrected chi connectivity index (χ3v) is 5.77. The van der Waals surface area contributed by atoms with Crippen LogP contribution in [-0.2, 0) is 0 Å². The number of hydrogen-bond acceptors (Lipinski definition) is 1. The molecule has 0 radical (unpaired) electrons. The maximum atomic E-state index is 3.56. The van der Waals surface area contributed by atoms with Gasteiger partial charge in [0.05, 0.1) is 0 Å². The van der Waals surface area contributed by atoms with E-state index in [-0.39, 0.29) is 0 Å². The molecule has 2 heteroatoms. The van der Waals surface area contributed by atoms with Crippen molar-refractivity contribution in [2.24, 2.45) is 11.3 Å². The zero-order valence-electron chi connectivity index (χ0n) is 7.78. The van der Waals surface area contributed by atoms with Crippen molar-refractivity contribution in [3.63, 3.8) is 0 Å². The summed E-state index contributed by atoms with van der Waals surface area (Å²) < 4.78 is 5.05. The predicted molar refractivity (Wildman–Crippen MR) is 45.0 cm³/mol. The first-order valence-corrected chi connectivity index (χ1v) is 7.14. The fraction of sp³-hybridized carbons (Fsp3) is 1.00. The molecule has 68 valence electrons. The Morgan fingerprint density at radius 2 is 2.09 bits per heavy atom. The third kappa shape index (κ3) is 2.08. The van der Waals surface area contributed by atoms with Crippen molar-refractivity contribution in [1.82, 2.24) is 3.53 Å². The van der Waals surface area contributed by atoms with Crippen LogP contribution in [0, 0.1) is 11.3 Å². The molecule has 1 heterocycles. The van der Waals surface area contributed by atoms with Gasteiger partial charge in [0.15, 0.2) is 0 Å². The van der Waals surface area contributed by atoms with E-state index in [1.807, 2.05) is 0 Å². The average Bonchev–Trinajstić information content (AvgIpc) is 2.55. The van der Waals surface area contributed by atoms with Crippen molar-refractivity contribution in [2.75, 3.05) is 11.0 Å². The Hall–Kier alpha value is 0.690. The molecule has 1 nitrogen and oxygen atoms in total. The van der Waals surface area contributed by atoms with E-state index in [0.717, 1.165) is 5.92 Å². The Labute approximate surface area is 80.9 Å². The van der Waals surface area contributed by atoms with Crippen LogP contribution in [0.25, 0.3) is 0 Å². The van der Waals surface area contributed by atoms with Gasteiger partial charge < -0.3 is 0 Å². The van der Waals surface area contributed by atoms with Crippen molar-refractivity contribution in [3.05, 3.63) is 0 Å². The summed E-state index contributed by atoms with van der Waals surface area (Å²) in [7, 11) is 0. The first-order valence-electron chi connectivity index (χ1n) is 4.54. The molecular weight excluding hydrogens is 249 g/mol. The van der Waals surface area contributed by atoms with Crippen LogP contribution in [0.15, 0.2) is 0 Å². The van der Waals surface area contributed by atoms with Crippen molar-refractivity contribution in [2.45, 2.75) is 33.6 Å². The average molecular weight is 268 g/mol. The zero-order valence-corrected chi connectivity index (χ0v) is 9.94. The van der Waals surface area contributed by atoms with Gasteiger partial charge in [-0.1, -0.05) is 0 Å². The van der Waals surface area contributed by atoms with Crippen LogP contribution >= 0.6 is 0 Å². The summed E-state index contributed by atoms with van der Waals surface area (Å²) in [6.07, 6.45) is 2.69. The standard InChI is InChI=1S/C9H19IN/c1-4-9(3,5-2)8-6-10-11-7-8/h8,11H,4-7H2,1-3H3/q-1. The van der Waals surface area contributed by atoms with Crippen LogP contribution in [0.1, 0.15) is 33.6 Å². The molecule has 1 unspecified atom stereocenters. The molecule has 0 spiro atoms. The molecule has 1 rings (SSSR count). The van der Waals surface area contributed by atoms with Crippen molar-refractivity contribution in [3.8, 4) is 0 Å². The normalized spacial score (nSPS) is 26.6. The summed E-state index contributed by atoms with van der Waals surface area (Å²) in [6, 6.07) is 0. The molecule has 0 aromatic heterocycles. The van der Waals surface area contributed by atoms with Gasteiger partial charge in [-0.2, -0.15) is 0 Å². The predicted octanol–water partition coefficient (Wildman–Crippen LogP) is -0.964. The van der Waals surface area contributed by atoms with E-state index in [2.05, 4.69) is 24.3 Å². The minimum atomic E-state index is 0.374. The molecule has 1 fully saturated rings. The summed E-state index contributed by atoms with van der Waals surface area (Å²) in [5.74, 6) is 0.977. The summed E-state index contributed by atoms with van der Waals surface area (Å²) >= 11 is 0.374. The van der Waals surface area contributed by atoms with Crippen molar-refractivity contribution in [1.29, 1.82) is 0 Å². The van der Waals surface area contributed by atoms with E-state index in [0.29, 0.717) is 26.9 Å². The van der Waals surface area contributed by atoms with Gasteiger partial charge >= 0.3 is 80.9 Å². The molecule has 1 N–H and O–H groups in total. The molecule has 1 aliphatic rings. The second-order valence-corrected chi connectivity index (χ2v) is 6.09. The van der Waals surface area contributed by atoms with Gasteiger partial charge in [0.25, 0.3) is 0 Å². The summed E-state index contributed by atoms with van der Waals surface area (Å²) in [6.45, 7) is 8.42. The molecule has 1 aliphatic heterocycles. The number of alkyl halides is 1. The topological polar surface area (TPSA) is 12.0 Å². The molecule has 11 heavy (non-hydrogen) atoms. The summed E-state index contributed by atoms with van der Waals surface area (Å²) in [4.78, 5) is 0. The van der Waals surface area contributed by atoms with Crippen LogP contribution in [0.2, 0.25) is 0 Å². The second-order valence-electron chi connectivity index (χ2n) is 3.68. The fourth-order valence-corrected chi connectivity index (χ4v) is 4.67. The van der Waals surface area contributed by atoms with Gasteiger partial charge in [-0.15, -0.1) is 0 Å². The molecular formula is C9H19IN-. The van der Waals surface area contributed by atoms with Gasteiger partial charge in [-0.3, -0.25) is 0 Å². The van der Waals surface area contributed by atoms with Gasteiger partial charge in [0, 0.05) is 0 Å². The SMILES string of the molecule is CCC(C)(CC)C1CN[I-]C1. The Kier molecular flexibility index (Phi) is 3.62. The summed E-state index contributed by atoms with van der Waals surface area (Å²) in [5, 5.41) is 0. The van der Waals surface area contributed by atoms with E-state index in [1.54, 1.807) is 0 Å². The van der Waals surface area contributed by atoms with Crippen LogP contribution in [0.3, 0.4) is 0 Å². The molecule has 1 atom stereocenters.